The molecule has 0 saturated carbocycles. The van der Waals surface area contributed by atoms with Crippen LogP contribution in [0.5, 0.6) is 0 Å². The van der Waals surface area contributed by atoms with Crippen molar-refractivity contribution in [2.24, 2.45) is 0 Å². The lowest BCUT2D eigenvalue weighted by Gasteiger charge is -2.24. The lowest BCUT2D eigenvalue weighted by atomic mass is 10.2. The number of aliphatic hydroxyl groups is 1. The molecule has 0 aromatic rings. The zero-order valence-electron chi connectivity index (χ0n) is 7.27. The third-order valence-corrected chi connectivity index (χ3v) is 1.98. The Morgan fingerprint density at radius 1 is 1.60 bits per heavy atom. The first-order valence-corrected chi connectivity index (χ1v) is 5.07. The van der Waals surface area contributed by atoms with E-state index < -0.39 is 22.6 Å². The van der Waals surface area contributed by atoms with Crippen molar-refractivity contribution in [2.75, 3.05) is 6.61 Å². The predicted molar refractivity (Wildman–Crippen MR) is 43.6 cm³/mol. The van der Waals surface area contributed by atoms with Gasteiger partial charge in [0.2, 0.25) is 0 Å². The van der Waals surface area contributed by atoms with Crippen LogP contribution in [0.4, 0.5) is 0 Å². The van der Waals surface area contributed by atoms with E-state index in [1.54, 1.807) is 0 Å². The summed E-state index contributed by atoms with van der Waals surface area (Å²) in [7, 11) is -4.67. The average Bonchev–Trinajstić information content (AvgIpc) is 2.08. The van der Waals surface area contributed by atoms with E-state index in [0.717, 1.165) is 6.08 Å². The molecular formula is C6H8O8S. The van der Waals surface area contributed by atoms with Crippen LogP contribution in [0, 0.1) is 0 Å². The molecule has 0 aromatic carbocycles. The van der Waals surface area contributed by atoms with Crippen LogP contribution in [0.3, 0.4) is 0 Å². The molecule has 0 spiro atoms. The van der Waals surface area contributed by atoms with Gasteiger partial charge in [-0.2, -0.15) is 8.42 Å². The largest absolute Gasteiger partial charge is 0.462 e. The molecule has 0 amide bonds. The van der Waals surface area contributed by atoms with Crippen molar-refractivity contribution in [1.82, 2.24) is 0 Å². The number of rotatable bonds is 4. The van der Waals surface area contributed by atoms with E-state index in [4.69, 9.17) is 9.29 Å². The summed E-state index contributed by atoms with van der Waals surface area (Å²) in [6, 6.07) is 0. The van der Waals surface area contributed by atoms with Crippen LogP contribution < -0.4 is 0 Å². The van der Waals surface area contributed by atoms with Crippen LogP contribution in [0.25, 0.3) is 0 Å². The SMILES string of the molecule is O=COC1=C[C@@H](O)C(OS(=O)(=O)O)CO1. The Labute approximate surface area is 85.0 Å². The number of hydrogen-bond acceptors (Lipinski definition) is 7. The second-order valence-electron chi connectivity index (χ2n) is 2.56. The zero-order valence-corrected chi connectivity index (χ0v) is 8.09. The summed E-state index contributed by atoms with van der Waals surface area (Å²) in [6.45, 7) is -0.289. The lowest BCUT2D eigenvalue weighted by Crippen LogP contribution is -2.37. The monoisotopic (exact) mass is 240 g/mol. The molecule has 1 rings (SSSR count). The van der Waals surface area contributed by atoms with Crippen molar-refractivity contribution in [2.45, 2.75) is 12.2 Å². The van der Waals surface area contributed by atoms with Gasteiger partial charge >= 0.3 is 16.9 Å². The van der Waals surface area contributed by atoms with E-state index in [0.29, 0.717) is 0 Å². The van der Waals surface area contributed by atoms with Crippen LogP contribution >= 0.6 is 0 Å². The van der Waals surface area contributed by atoms with Gasteiger partial charge in [-0.15, -0.1) is 0 Å². The molecule has 86 valence electrons. The summed E-state index contributed by atoms with van der Waals surface area (Å²) in [5.74, 6) is -0.257. The number of carbonyl (C=O) groups excluding carboxylic acids is 1. The molecule has 0 fully saturated rings. The molecule has 2 atom stereocenters. The second-order valence-corrected chi connectivity index (χ2v) is 3.61. The van der Waals surface area contributed by atoms with E-state index in [-0.39, 0.29) is 19.0 Å². The fourth-order valence-electron chi connectivity index (χ4n) is 0.919. The first-order valence-electron chi connectivity index (χ1n) is 3.71. The quantitative estimate of drug-likeness (QED) is 0.454. The van der Waals surface area contributed by atoms with E-state index in [2.05, 4.69) is 8.92 Å². The van der Waals surface area contributed by atoms with E-state index in [9.17, 15) is 18.3 Å². The third kappa shape index (κ3) is 3.83. The van der Waals surface area contributed by atoms with Gasteiger partial charge in [0.15, 0.2) is 0 Å². The minimum Gasteiger partial charge on any atom is -0.462 e. The lowest BCUT2D eigenvalue weighted by molar-refractivity contribution is -0.133. The second kappa shape index (κ2) is 4.57. The first kappa shape index (κ1) is 11.9. The molecule has 2 N–H and O–H groups in total. The molecular weight excluding hydrogens is 232 g/mol. The molecule has 0 saturated heterocycles. The topological polar surface area (TPSA) is 119 Å². The summed E-state index contributed by atoms with van der Waals surface area (Å²) in [5.41, 5.74) is 0. The normalized spacial score (nSPS) is 26.4. The minimum atomic E-state index is -4.67. The van der Waals surface area contributed by atoms with E-state index in [1.807, 2.05) is 0 Å². The number of carbonyl (C=O) groups is 1. The summed E-state index contributed by atoms with van der Waals surface area (Å²) in [5, 5.41) is 9.28. The van der Waals surface area contributed by atoms with E-state index >= 15 is 0 Å². The number of aliphatic hydroxyl groups excluding tert-OH is 1. The zero-order chi connectivity index (χ0) is 11.5. The van der Waals surface area contributed by atoms with Crippen molar-refractivity contribution in [1.29, 1.82) is 0 Å². The van der Waals surface area contributed by atoms with Gasteiger partial charge in [0, 0.05) is 6.08 Å². The third-order valence-electron chi connectivity index (χ3n) is 1.49. The van der Waals surface area contributed by atoms with Gasteiger partial charge in [-0.25, -0.2) is 4.18 Å². The summed E-state index contributed by atoms with van der Waals surface area (Å²) < 4.78 is 42.0. The Hall–Kier alpha value is -1.16. The summed E-state index contributed by atoms with van der Waals surface area (Å²) in [6.07, 6.45) is -1.71. The maximum absolute atomic E-state index is 10.3. The van der Waals surface area contributed by atoms with Crippen LogP contribution in [-0.4, -0.2) is 43.4 Å². The van der Waals surface area contributed by atoms with Crippen molar-refractivity contribution in [3.63, 3.8) is 0 Å². The Morgan fingerprint density at radius 2 is 2.27 bits per heavy atom. The van der Waals surface area contributed by atoms with Crippen LogP contribution in [0.15, 0.2) is 12.0 Å². The molecule has 0 aromatic heterocycles. The molecule has 1 aliphatic heterocycles. The molecule has 15 heavy (non-hydrogen) atoms. The van der Waals surface area contributed by atoms with Crippen molar-refractivity contribution < 1.29 is 36.5 Å². The van der Waals surface area contributed by atoms with Crippen LogP contribution in [0.1, 0.15) is 0 Å². The Balaban J connectivity index is 2.64. The van der Waals surface area contributed by atoms with Crippen molar-refractivity contribution >= 4 is 16.9 Å². The van der Waals surface area contributed by atoms with Gasteiger partial charge in [-0.05, 0) is 0 Å². The average molecular weight is 240 g/mol. The van der Waals surface area contributed by atoms with Gasteiger partial charge in [-0.3, -0.25) is 9.35 Å². The minimum absolute atomic E-state index is 0.0858. The van der Waals surface area contributed by atoms with Crippen LogP contribution in [0.2, 0.25) is 0 Å². The molecule has 9 heteroatoms. The van der Waals surface area contributed by atoms with Gasteiger partial charge in [0.25, 0.3) is 5.95 Å². The Bertz CT molecular complexity index is 357. The molecule has 1 heterocycles. The van der Waals surface area contributed by atoms with Crippen LogP contribution in [-0.2, 0) is 28.9 Å². The summed E-state index contributed by atoms with van der Waals surface area (Å²) in [4.78, 5) is 9.90. The highest BCUT2D eigenvalue weighted by molar-refractivity contribution is 7.80. The maximum Gasteiger partial charge on any atom is 0.397 e. The van der Waals surface area contributed by atoms with Crippen molar-refractivity contribution in [3.8, 4) is 0 Å². The number of hydrogen-bond donors (Lipinski definition) is 2. The molecule has 1 unspecified atom stereocenters. The van der Waals surface area contributed by atoms with Gasteiger partial charge in [0.05, 0.1) is 0 Å². The summed E-state index contributed by atoms with van der Waals surface area (Å²) >= 11 is 0. The molecule has 1 aliphatic rings. The smallest absolute Gasteiger partial charge is 0.397 e. The van der Waals surface area contributed by atoms with Gasteiger partial charge in [0.1, 0.15) is 18.8 Å². The van der Waals surface area contributed by atoms with Gasteiger partial charge < -0.3 is 14.6 Å². The highest BCUT2D eigenvalue weighted by atomic mass is 32.3. The fourth-order valence-corrected chi connectivity index (χ4v) is 1.40. The number of ether oxygens (including phenoxy) is 2. The van der Waals surface area contributed by atoms with Crippen molar-refractivity contribution in [3.05, 3.63) is 12.0 Å². The first-order chi connectivity index (χ1) is 6.92. The van der Waals surface area contributed by atoms with Gasteiger partial charge in [-0.1, -0.05) is 0 Å². The fraction of sp³-hybridized carbons (Fsp3) is 0.500. The standard InChI is InChI=1S/C6H8O8S/c7-3-13-6-1-4(8)5(2-12-6)14-15(9,10)11/h1,3-5,8H,2H2,(H,9,10,11)/t4-,5?/m1/s1. The highest BCUT2D eigenvalue weighted by Crippen LogP contribution is 2.15. The Kier molecular flexibility index (Phi) is 3.63. The predicted octanol–water partition coefficient (Wildman–Crippen LogP) is -1.42. The van der Waals surface area contributed by atoms with E-state index in [1.165, 1.54) is 0 Å². The molecule has 8 nitrogen and oxygen atoms in total. The Morgan fingerprint density at radius 3 is 2.73 bits per heavy atom. The molecule has 0 bridgehead atoms. The highest BCUT2D eigenvalue weighted by Gasteiger charge is 2.29. The molecule has 0 radical (unpaired) electrons. The maximum atomic E-state index is 10.3. The molecule has 0 aliphatic carbocycles.